The zero-order chi connectivity index (χ0) is 14.1. The van der Waals surface area contributed by atoms with E-state index < -0.39 is 15.6 Å². The molecule has 0 saturated carbocycles. The first-order chi connectivity index (χ1) is 8.13. The largest absolute Gasteiger partial charge is 0.506 e. The summed E-state index contributed by atoms with van der Waals surface area (Å²) in [6.07, 6.45) is 0.691. The molecule has 5 nitrogen and oxygen atoms in total. The third kappa shape index (κ3) is 2.59. The van der Waals surface area contributed by atoms with Gasteiger partial charge in [0.05, 0.1) is 10.6 Å². The van der Waals surface area contributed by atoms with Gasteiger partial charge in [-0.25, -0.2) is 8.42 Å². The Labute approximate surface area is 108 Å². The molecule has 0 bridgehead atoms. The minimum Gasteiger partial charge on any atom is -0.506 e. The van der Waals surface area contributed by atoms with Crippen molar-refractivity contribution in [3.8, 4) is 5.75 Å². The number of aromatic hydroxyl groups is 1. The predicted molar refractivity (Wildman–Crippen MR) is 71.8 cm³/mol. The molecule has 1 rings (SSSR count). The van der Waals surface area contributed by atoms with E-state index in [0.29, 0.717) is 6.42 Å². The molecular weight excluding hydrogens is 252 g/mol. The fraction of sp³-hybridized carbons (Fsp3) is 0.500. The van der Waals surface area contributed by atoms with Gasteiger partial charge in [0, 0.05) is 12.6 Å². The molecule has 0 heterocycles. The quantitative estimate of drug-likeness (QED) is 0.646. The SMILES string of the molecule is CCC(C)(C)N(C)S(=O)(=O)c1ccc(O)c(N)c1. The van der Waals surface area contributed by atoms with E-state index in [0.717, 1.165) is 0 Å². The van der Waals surface area contributed by atoms with Crippen LogP contribution >= 0.6 is 0 Å². The van der Waals surface area contributed by atoms with Gasteiger partial charge in [-0.1, -0.05) is 6.92 Å². The topological polar surface area (TPSA) is 83.6 Å². The Bertz CT molecular complexity index is 538. The van der Waals surface area contributed by atoms with E-state index in [4.69, 9.17) is 5.73 Å². The van der Waals surface area contributed by atoms with Gasteiger partial charge in [0.1, 0.15) is 5.75 Å². The molecule has 0 aliphatic rings. The second-order valence-electron chi connectivity index (χ2n) is 4.86. The van der Waals surface area contributed by atoms with E-state index in [1.54, 1.807) is 7.05 Å². The van der Waals surface area contributed by atoms with Crippen LogP contribution in [0.4, 0.5) is 5.69 Å². The fourth-order valence-corrected chi connectivity index (χ4v) is 3.01. The maximum atomic E-state index is 12.4. The maximum Gasteiger partial charge on any atom is 0.243 e. The van der Waals surface area contributed by atoms with Gasteiger partial charge in [-0.15, -0.1) is 0 Å². The maximum absolute atomic E-state index is 12.4. The fourth-order valence-electron chi connectivity index (χ4n) is 1.40. The van der Waals surface area contributed by atoms with Gasteiger partial charge < -0.3 is 10.8 Å². The summed E-state index contributed by atoms with van der Waals surface area (Å²) < 4.78 is 26.1. The standard InChI is InChI=1S/C12H20N2O3S/c1-5-12(2,3)14(4)18(16,17)9-6-7-11(15)10(13)8-9/h6-8,15H,5,13H2,1-4H3. The lowest BCUT2D eigenvalue weighted by molar-refractivity contribution is 0.257. The minimum absolute atomic E-state index is 0.0544. The van der Waals surface area contributed by atoms with Gasteiger partial charge in [-0.3, -0.25) is 0 Å². The van der Waals surface area contributed by atoms with E-state index in [2.05, 4.69) is 0 Å². The number of hydrogen-bond acceptors (Lipinski definition) is 4. The van der Waals surface area contributed by atoms with Crippen molar-refractivity contribution in [1.82, 2.24) is 4.31 Å². The number of nitrogens with zero attached hydrogens (tertiary/aromatic N) is 1. The Kier molecular flexibility index (Phi) is 3.92. The zero-order valence-electron chi connectivity index (χ0n) is 11.1. The molecule has 3 N–H and O–H groups in total. The molecule has 0 saturated heterocycles. The smallest absolute Gasteiger partial charge is 0.243 e. The summed E-state index contributed by atoms with van der Waals surface area (Å²) in [6, 6.07) is 3.91. The van der Waals surface area contributed by atoms with E-state index in [1.807, 2.05) is 20.8 Å². The van der Waals surface area contributed by atoms with Crippen molar-refractivity contribution >= 4 is 15.7 Å². The summed E-state index contributed by atoms with van der Waals surface area (Å²) in [6.45, 7) is 5.64. The molecule has 0 atom stereocenters. The molecule has 0 fully saturated rings. The zero-order valence-corrected chi connectivity index (χ0v) is 12.0. The Morgan fingerprint density at radius 2 is 1.94 bits per heavy atom. The Hall–Kier alpha value is -1.27. The van der Waals surface area contributed by atoms with E-state index in [1.165, 1.54) is 22.5 Å². The van der Waals surface area contributed by atoms with Crippen LogP contribution in [0.3, 0.4) is 0 Å². The molecule has 1 aromatic rings. The summed E-state index contributed by atoms with van der Waals surface area (Å²) in [5.41, 5.74) is 5.10. The van der Waals surface area contributed by atoms with Crippen molar-refractivity contribution in [3.05, 3.63) is 18.2 Å². The number of nitrogen functional groups attached to an aromatic ring is 1. The van der Waals surface area contributed by atoms with Gasteiger partial charge in [0.25, 0.3) is 0 Å². The molecule has 1 aromatic carbocycles. The van der Waals surface area contributed by atoms with Gasteiger partial charge in [-0.2, -0.15) is 4.31 Å². The van der Waals surface area contributed by atoms with Crippen LogP contribution in [0, 0.1) is 0 Å². The summed E-state index contributed by atoms with van der Waals surface area (Å²) in [5.74, 6) is -0.119. The summed E-state index contributed by atoms with van der Waals surface area (Å²) in [7, 11) is -2.06. The third-order valence-corrected chi connectivity index (χ3v) is 5.44. The van der Waals surface area contributed by atoms with Crippen LogP contribution in [0.2, 0.25) is 0 Å². The number of phenols is 1. The van der Waals surface area contributed by atoms with Crippen molar-refractivity contribution in [1.29, 1.82) is 0 Å². The molecule has 102 valence electrons. The van der Waals surface area contributed by atoms with Crippen LogP contribution in [0.25, 0.3) is 0 Å². The molecule has 0 aliphatic carbocycles. The molecule has 0 amide bonds. The lowest BCUT2D eigenvalue weighted by atomic mass is 10.0. The van der Waals surface area contributed by atoms with Crippen molar-refractivity contribution in [2.75, 3.05) is 12.8 Å². The number of nitrogens with two attached hydrogens (primary N) is 1. The van der Waals surface area contributed by atoms with Gasteiger partial charge in [0.2, 0.25) is 10.0 Å². The monoisotopic (exact) mass is 272 g/mol. The number of phenolic OH excluding ortho intramolecular Hbond substituents is 1. The molecule has 0 spiro atoms. The van der Waals surface area contributed by atoms with Crippen LogP contribution in [-0.2, 0) is 10.0 Å². The van der Waals surface area contributed by atoms with Crippen molar-refractivity contribution in [2.45, 2.75) is 37.6 Å². The molecule has 18 heavy (non-hydrogen) atoms. The molecule has 0 radical (unpaired) electrons. The van der Waals surface area contributed by atoms with Crippen LogP contribution in [0.15, 0.2) is 23.1 Å². The third-order valence-electron chi connectivity index (χ3n) is 3.38. The lowest BCUT2D eigenvalue weighted by Gasteiger charge is -2.33. The highest BCUT2D eigenvalue weighted by Gasteiger charge is 2.32. The number of sulfonamides is 1. The Morgan fingerprint density at radius 1 is 1.39 bits per heavy atom. The van der Waals surface area contributed by atoms with Crippen molar-refractivity contribution < 1.29 is 13.5 Å². The minimum atomic E-state index is -3.61. The number of anilines is 1. The first kappa shape index (κ1) is 14.8. The molecule has 6 heteroatoms. The summed E-state index contributed by atoms with van der Waals surface area (Å²) in [5, 5.41) is 9.32. The van der Waals surface area contributed by atoms with Crippen molar-refractivity contribution in [2.24, 2.45) is 0 Å². The van der Waals surface area contributed by atoms with E-state index >= 15 is 0 Å². The normalized spacial score (nSPS) is 12.9. The molecular formula is C12H20N2O3S. The van der Waals surface area contributed by atoms with E-state index in [9.17, 15) is 13.5 Å². The number of benzene rings is 1. The highest BCUT2D eigenvalue weighted by atomic mass is 32.2. The second-order valence-corrected chi connectivity index (χ2v) is 6.83. The first-order valence-corrected chi connectivity index (χ1v) is 7.14. The molecule has 0 aromatic heterocycles. The summed E-state index contributed by atoms with van der Waals surface area (Å²) >= 11 is 0. The van der Waals surface area contributed by atoms with Crippen LogP contribution in [-0.4, -0.2) is 30.4 Å². The van der Waals surface area contributed by atoms with Crippen LogP contribution in [0.1, 0.15) is 27.2 Å². The Balaban J connectivity index is 3.26. The van der Waals surface area contributed by atoms with Crippen LogP contribution < -0.4 is 5.73 Å². The van der Waals surface area contributed by atoms with Crippen molar-refractivity contribution in [3.63, 3.8) is 0 Å². The Morgan fingerprint density at radius 3 is 2.39 bits per heavy atom. The van der Waals surface area contributed by atoms with Crippen LogP contribution in [0.5, 0.6) is 5.75 Å². The molecule has 0 aliphatic heterocycles. The average molecular weight is 272 g/mol. The number of hydrogen-bond donors (Lipinski definition) is 2. The van der Waals surface area contributed by atoms with Gasteiger partial charge >= 0.3 is 0 Å². The van der Waals surface area contributed by atoms with E-state index in [-0.39, 0.29) is 16.3 Å². The first-order valence-electron chi connectivity index (χ1n) is 5.70. The second kappa shape index (κ2) is 4.78. The summed E-state index contributed by atoms with van der Waals surface area (Å²) in [4.78, 5) is 0.0850. The highest BCUT2D eigenvalue weighted by molar-refractivity contribution is 7.89. The van der Waals surface area contributed by atoms with Gasteiger partial charge in [-0.05, 0) is 38.5 Å². The lowest BCUT2D eigenvalue weighted by Crippen LogP contribution is -2.44. The highest BCUT2D eigenvalue weighted by Crippen LogP contribution is 2.28. The predicted octanol–water partition coefficient (Wildman–Crippen LogP) is 1.78. The van der Waals surface area contributed by atoms with Gasteiger partial charge in [0.15, 0.2) is 0 Å². The molecule has 0 unspecified atom stereocenters. The number of rotatable bonds is 4. The average Bonchev–Trinajstić information content (AvgIpc) is 2.31.